The van der Waals surface area contributed by atoms with Gasteiger partial charge < -0.3 is 4.74 Å². The molecular formula is C11H8ClF3O3. The molecule has 0 unspecified atom stereocenters. The van der Waals surface area contributed by atoms with Crippen LogP contribution in [0.25, 0.3) is 0 Å². The lowest BCUT2D eigenvalue weighted by atomic mass is 9.98. The number of benzene rings is 1. The predicted octanol–water partition coefficient (Wildman–Crippen LogP) is 2.95. The van der Waals surface area contributed by atoms with Crippen LogP contribution < -0.4 is 4.74 Å². The number of alkyl halides is 4. The monoisotopic (exact) mass is 280 g/mol. The number of Topliss-reactive ketones (excluding diaryl/α,β-unsaturated/α-hetero) is 1. The molecule has 0 amide bonds. The van der Waals surface area contributed by atoms with E-state index in [2.05, 4.69) is 0 Å². The van der Waals surface area contributed by atoms with Crippen LogP contribution in [0.1, 0.15) is 26.3 Å². The molecule has 98 valence electrons. The number of rotatable bonds is 4. The van der Waals surface area contributed by atoms with Gasteiger partial charge in [-0.1, -0.05) is 0 Å². The highest BCUT2D eigenvalue weighted by molar-refractivity contribution is 6.31. The highest BCUT2D eigenvalue weighted by Crippen LogP contribution is 2.36. The number of ether oxygens (including phenoxy) is 1. The van der Waals surface area contributed by atoms with E-state index in [9.17, 15) is 22.8 Å². The van der Waals surface area contributed by atoms with Crippen molar-refractivity contribution in [2.75, 3.05) is 13.0 Å². The van der Waals surface area contributed by atoms with Crippen molar-refractivity contribution >= 4 is 23.7 Å². The van der Waals surface area contributed by atoms with E-state index in [1.165, 1.54) is 7.11 Å². The molecule has 3 nitrogen and oxygen atoms in total. The minimum Gasteiger partial charge on any atom is -0.496 e. The summed E-state index contributed by atoms with van der Waals surface area (Å²) in [7, 11) is 1.18. The molecule has 0 saturated carbocycles. The summed E-state index contributed by atoms with van der Waals surface area (Å²) < 4.78 is 42.8. The lowest BCUT2D eigenvalue weighted by Crippen LogP contribution is -2.15. The van der Waals surface area contributed by atoms with Crippen molar-refractivity contribution in [1.29, 1.82) is 0 Å². The first-order valence-corrected chi connectivity index (χ1v) is 5.22. The second-order valence-electron chi connectivity index (χ2n) is 3.28. The molecule has 0 radical (unpaired) electrons. The zero-order chi connectivity index (χ0) is 13.9. The summed E-state index contributed by atoms with van der Waals surface area (Å²) in [5.41, 5.74) is -2.39. The number of hydrogen-bond acceptors (Lipinski definition) is 3. The number of aldehydes is 1. The number of hydrogen-bond donors (Lipinski definition) is 0. The van der Waals surface area contributed by atoms with Gasteiger partial charge in [0, 0.05) is 5.56 Å². The fourth-order valence-corrected chi connectivity index (χ4v) is 1.63. The molecule has 0 atom stereocenters. The van der Waals surface area contributed by atoms with Crippen molar-refractivity contribution in [3.05, 3.63) is 28.8 Å². The third-order valence-corrected chi connectivity index (χ3v) is 2.49. The maximum atomic E-state index is 12.7. The van der Waals surface area contributed by atoms with Crippen LogP contribution in [0, 0.1) is 0 Å². The first-order chi connectivity index (χ1) is 8.36. The zero-order valence-electron chi connectivity index (χ0n) is 9.18. The van der Waals surface area contributed by atoms with Gasteiger partial charge in [0.25, 0.3) is 0 Å². The smallest absolute Gasteiger partial charge is 0.417 e. The van der Waals surface area contributed by atoms with Gasteiger partial charge in [-0.25, -0.2) is 0 Å². The Morgan fingerprint density at radius 3 is 2.44 bits per heavy atom. The maximum absolute atomic E-state index is 12.7. The summed E-state index contributed by atoms with van der Waals surface area (Å²) in [6.07, 6.45) is -4.75. The topological polar surface area (TPSA) is 43.4 Å². The Morgan fingerprint density at radius 2 is 2.06 bits per heavy atom. The zero-order valence-corrected chi connectivity index (χ0v) is 9.93. The van der Waals surface area contributed by atoms with Gasteiger partial charge in [-0.3, -0.25) is 9.59 Å². The fraction of sp³-hybridized carbons (Fsp3) is 0.273. The quantitative estimate of drug-likeness (QED) is 0.484. The van der Waals surface area contributed by atoms with Crippen LogP contribution in [0.5, 0.6) is 5.75 Å². The molecule has 0 aliphatic carbocycles. The van der Waals surface area contributed by atoms with Crippen molar-refractivity contribution in [2.24, 2.45) is 0 Å². The Labute approximate surface area is 105 Å². The lowest BCUT2D eigenvalue weighted by Gasteiger charge is -2.15. The van der Waals surface area contributed by atoms with E-state index < -0.39 is 34.5 Å². The highest BCUT2D eigenvalue weighted by Gasteiger charge is 2.36. The van der Waals surface area contributed by atoms with E-state index in [1.807, 2.05) is 0 Å². The van der Waals surface area contributed by atoms with Crippen LogP contribution >= 0.6 is 11.6 Å². The van der Waals surface area contributed by atoms with Gasteiger partial charge in [-0.2, -0.15) is 13.2 Å². The first-order valence-electron chi connectivity index (χ1n) is 4.69. The Morgan fingerprint density at radius 1 is 1.44 bits per heavy atom. The van der Waals surface area contributed by atoms with E-state index in [0.29, 0.717) is 6.07 Å². The molecule has 0 spiro atoms. The highest BCUT2D eigenvalue weighted by atomic mass is 35.5. The van der Waals surface area contributed by atoms with Gasteiger partial charge in [-0.05, 0) is 12.1 Å². The Bertz CT molecular complexity index is 483. The SMILES string of the molecule is COc1ccc(C(F)(F)F)c(C=O)c1C(=O)CCl. The van der Waals surface area contributed by atoms with Crippen molar-refractivity contribution < 1.29 is 27.5 Å². The summed E-state index contributed by atoms with van der Waals surface area (Å²) in [5.74, 6) is -1.46. The molecule has 1 aromatic carbocycles. The molecule has 1 rings (SSSR count). The number of methoxy groups -OCH3 is 1. The van der Waals surface area contributed by atoms with E-state index in [4.69, 9.17) is 16.3 Å². The first kappa shape index (κ1) is 14.5. The minimum atomic E-state index is -4.73. The normalized spacial score (nSPS) is 11.2. The van der Waals surface area contributed by atoms with Gasteiger partial charge in [0.1, 0.15) is 5.75 Å². The Balaban J connectivity index is 3.62. The fourth-order valence-electron chi connectivity index (χ4n) is 1.49. The standard InChI is InChI=1S/C11H8ClF3O3/c1-18-9-3-2-7(11(13,14)15)6(5-16)10(9)8(17)4-12/h2-3,5H,4H2,1H3. The summed E-state index contributed by atoms with van der Waals surface area (Å²) >= 11 is 5.31. The van der Waals surface area contributed by atoms with Crippen molar-refractivity contribution in [3.8, 4) is 5.75 Å². The number of carbonyl (C=O) groups excluding carboxylic acids is 2. The third kappa shape index (κ3) is 2.64. The lowest BCUT2D eigenvalue weighted by molar-refractivity contribution is -0.137. The number of halogens is 4. The van der Waals surface area contributed by atoms with Crippen LogP contribution in [0.15, 0.2) is 12.1 Å². The Kier molecular flexibility index (Phi) is 4.34. The summed E-state index contributed by atoms with van der Waals surface area (Å²) in [4.78, 5) is 22.3. The average molecular weight is 281 g/mol. The van der Waals surface area contributed by atoms with Gasteiger partial charge in [0.2, 0.25) is 0 Å². The minimum absolute atomic E-state index is 0.0227. The third-order valence-electron chi connectivity index (χ3n) is 2.25. The van der Waals surface area contributed by atoms with E-state index in [0.717, 1.165) is 6.07 Å². The van der Waals surface area contributed by atoms with E-state index in [-0.39, 0.29) is 12.0 Å². The maximum Gasteiger partial charge on any atom is 0.417 e. The average Bonchev–Trinajstić information content (AvgIpc) is 2.34. The van der Waals surface area contributed by atoms with Crippen LogP contribution in [0.3, 0.4) is 0 Å². The molecule has 0 fully saturated rings. The van der Waals surface area contributed by atoms with Gasteiger partial charge in [0.05, 0.1) is 24.1 Å². The molecule has 0 heterocycles. The number of carbonyl (C=O) groups is 2. The molecule has 0 aliphatic heterocycles. The predicted molar refractivity (Wildman–Crippen MR) is 58.4 cm³/mol. The van der Waals surface area contributed by atoms with Crippen molar-refractivity contribution in [1.82, 2.24) is 0 Å². The second kappa shape index (κ2) is 5.39. The van der Waals surface area contributed by atoms with Crippen molar-refractivity contribution in [2.45, 2.75) is 6.18 Å². The molecule has 0 saturated heterocycles. The summed E-state index contributed by atoms with van der Waals surface area (Å²) in [5, 5.41) is 0. The van der Waals surface area contributed by atoms with E-state index >= 15 is 0 Å². The molecule has 7 heteroatoms. The summed E-state index contributed by atoms with van der Waals surface area (Å²) in [6.45, 7) is 0. The van der Waals surface area contributed by atoms with Crippen LogP contribution in [0.4, 0.5) is 13.2 Å². The molecule has 0 aliphatic rings. The molecule has 18 heavy (non-hydrogen) atoms. The van der Waals surface area contributed by atoms with E-state index in [1.54, 1.807) is 0 Å². The molecule has 0 N–H and O–H groups in total. The van der Waals surface area contributed by atoms with Crippen molar-refractivity contribution in [3.63, 3.8) is 0 Å². The van der Waals surface area contributed by atoms with Crippen LogP contribution in [-0.4, -0.2) is 25.1 Å². The second-order valence-corrected chi connectivity index (χ2v) is 3.54. The molecule has 0 bridgehead atoms. The van der Waals surface area contributed by atoms with Gasteiger partial charge in [0.15, 0.2) is 12.1 Å². The molecule has 0 aromatic heterocycles. The molecule has 1 aromatic rings. The largest absolute Gasteiger partial charge is 0.496 e. The van der Waals surface area contributed by atoms with Crippen LogP contribution in [0.2, 0.25) is 0 Å². The van der Waals surface area contributed by atoms with Crippen LogP contribution in [-0.2, 0) is 6.18 Å². The summed E-state index contributed by atoms with van der Waals surface area (Å²) in [6, 6.07) is 1.67. The van der Waals surface area contributed by atoms with Gasteiger partial charge in [-0.15, -0.1) is 11.6 Å². The molecular weight excluding hydrogens is 273 g/mol. The van der Waals surface area contributed by atoms with Gasteiger partial charge >= 0.3 is 6.18 Å². The Hall–Kier alpha value is -1.56. The number of ketones is 1.